The third-order valence-corrected chi connectivity index (χ3v) is 3.73. The summed E-state index contributed by atoms with van der Waals surface area (Å²) in [6.45, 7) is 7.27. The molecule has 5 heteroatoms. The van der Waals surface area contributed by atoms with Crippen LogP contribution in [0.3, 0.4) is 0 Å². The van der Waals surface area contributed by atoms with Gasteiger partial charge in [-0.2, -0.15) is 0 Å². The fraction of sp³-hybridized carbons (Fsp3) is 0.500. The lowest BCUT2D eigenvalue weighted by molar-refractivity contribution is -0.132. The third kappa shape index (κ3) is 3.97. The summed E-state index contributed by atoms with van der Waals surface area (Å²) in [5, 5.41) is 0. The van der Waals surface area contributed by atoms with Crippen LogP contribution in [0.25, 0.3) is 0 Å². The molecule has 0 radical (unpaired) electrons. The first-order valence-corrected chi connectivity index (χ1v) is 7.40. The summed E-state index contributed by atoms with van der Waals surface area (Å²) in [5.74, 6) is 0.233. The molecule has 0 saturated carbocycles. The first-order chi connectivity index (χ1) is 9.97. The molecule has 0 bridgehead atoms. The molecule has 1 fully saturated rings. The van der Waals surface area contributed by atoms with E-state index in [2.05, 4.69) is 18.7 Å². The minimum absolute atomic E-state index is 0.244. The SMILES string of the molecule is CC(C)CC(=O)N1CCN(c2ccc(C(N)=O)cc2)CC1. The van der Waals surface area contributed by atoms with Gasteiger partial charge in [0.2, 0.25) is 11.8 Å². The molecule has 0 aromatic heterocycles. The Balaban J connectivity index is 1.91. The van der Waals surface area contributed by atoms with Gasteiger partial charge in [-0.1, -0.05) is 13.8 Å². The molecule has 1 aliphatic heterocycles. The normalized spacial score (nSPS) is 15.4. The smallest absolute Gasteiger partial charge is 0.248 e. The Bertz CT molecular complexity index is 503. The van der Waals surface area contributed by atoms with Crippen LogP contribution in [0.2, 0.25) is 0 Å². The molecular formula is C16H23N3O2. The van der Waals surface area contributed by atoms with Gasteiger partial charge >= 0.3 is 0 Å². The van der Waals surface area contributed by atoms with E-state index in [0.29, 0.717) is 17.9 Å². The molecule has 1 heterocycles. The van der Waals surface area contributed by atoms with Gasteiger partial charge in [0.15, 0.2) is 0 Å². The Morgan fingerprint density at radius 1 is 1.10 bits per heavy atom. The number of hydrogen-bond acceptors (Lipinski definition) is 3. The monoisotopic (exact) mass is 289 g/mol. The zero-order valence-corrected chi connectivity index (χ0v) is 12.7. The molecule has 1 saturated heterocycles. The molecule has 21 heavy (non-hydrogen) atoms. The van der Waals surface area contributed by atoms with E-state index in [1.54, 1.807) is 12.1 Å². The number of piperazine rings is 1. The molecule has 1 aromatic rings. The highest BCUT2D eigenvalue weighted by molar-refractivity contribution is 5.93. The van der Waals surface area contributed by atoms with Crippen molar-refractivity contribution >= 4 is 17.5 Å². The zero-order chi connectivity index (χ0) is 15.4. The summed E-state index contributed by atoms with van der Waals surface area (Å²) in [4.78, 5) is 27.3. The number of carbonyl (C=O) groups is 2. The fourth-order valence-electron chi connectivity index (χ4n) is 2.53. The van der Waals surface area contributed by atoms with Gasteiger partial charge in [0.1, 0.15) is 0 Å². The van der Waals surface area contributed by atoms with Gasteiger partial charge in [-0.3, -0.25) is 9.59 Å². The van der Waals surface area contributed by atoms with Crippen LogP contribution in [0.1, 0.15) is 30.6 Å². The summed E-state index contributed by atoms with van der Waals surface area (Å²) >= 11 is 0. The second-order valence-electron chi connectivity index (χ2n) is 5.88. The zero-order valence-electron chi connectivity index (χ0n) is 12.7. The van der Waals surface area contributed by atoms with Crippen LogP contribution in [0, 0.1) is 5.92 Å². The first kappa shape index (κ1) is 15.4. The van der Waals surface area contributed by atoms with Gasteiger partial charge in [-0.15, -0.1) is 0 Å². The van der Waals surface area contributed by atoms with E-state index in [1.165, 1.54) is 0 Å². The standard InChI is InChI=1S/C16H23N3O2/c1-12(2)11-15(20)19-9-7-18(8-10-19)14-5-3-13(4-6-14)16(17)21/h3-6,12H,7-11H2,1-2H3,(H2,17,21). The minimum atomic E-state index is -0.411. The highest BCUT2D eigenvalue weighted by Crippen LogP contribution is 2.18. The average molecular weight is 289 g/mol. The van der Waals surface area contributed by atoms with Gasteiger partial charge in [0.05, 0.1) is 0 Å². The van der Waals surface area contributed by atoms with Gasteiger partial charge < -0.3 is 15.5 Å². The van der Waals surface area contributed by atoms with Gasteiger partial charge in [0.25, 0.3) is 0 Å². The maximum Gasteiger partial charge on any atom is 0.248 e. The van der Waals surface area contributed by atoms with E-state index in [4.69, 9.17) is 5.73 Å². The molecule has 0 spiro atoms. The van der Waals surface area contributed by atoms with Gasteiger partial charge in [0, 0.05) is 43.9 Å². The predicted molar refractivity (Wildman–Crippen MR) is 83.2 cm³/mol. The van der Waals surface area contributed by atoms with Crippen LogP contribution < -0.4 is 10.6 Å². The van der Waals surface area contributed by atoms with E-state index in [1.807, 2.05) is 17.0 Å². The summed E-state index contributed by atoms with van der Waals surface area (Å²) in [6, 6.07) is 7.30. The topological polar surface area (TPSA) is 66.6 Å². The molecule has 1 aliphatic rings. The summed E-state index contributed by atoms with van der Waals surface area (Å²) in [7, 11) is 0. The van der Waals surface area contributed by atoms with E-state index >= 15 is 0 Å². The van der Waals surface area contributed by atoms with Crippen molar-refractivity contribution in [1.29, 1.82) is 0 Å². The summed E-state index contributed by atoms with van der Waals surface area (Å²) in [6.07, 6.45) is 0.618. The maximum atomic E-state index is 12.0. The fourth-order valence-corrected chi connectivity index (χ4v) is 2.53. The van der Waals surface area contributed by atoms with Crippen molar-refractivity contribution in [1.82, 2.24) is 4.90 Å². The maximum absolute atomic E-state index is 12.0. The quantitative estimate of drug-likeness (QED) is 0.913. The molecule has 0 atom stereocenters. The highest BCUT2D eigenvalue weighted by atomic mass is 16.2. The van der Waals surface area contributed by atoms with E-state index in [9.17, 15) is 9.59 Å². The number of primary amides is 1. The summed E-state index contributed by atoms with van der Waals surface area (Å²) in [5.41, 5.74) is 6.82. The van der Waals surface area contributed by atoms with E-state index in [0.717, 1.165) is 31.9 Å². The predicted octanol–water partition coefficient (Wildman–Crippen LogP) is 1.48. The van der Waals surface area contributed by atoms with Gasteiger partial charge in [-0.25, -0.2) is 0 Å². The highest BCUT2D eigenvalue weighted by Gasteiger charge is 2.21. The second kappa shape index (κ2) is 6.61. The number of carbonyl (C=O) groups excluding carboxylic acids is 2. The van der Waals surface area contributed by atoms with Crippen molar-refractivity contribution in [3.8, 4) is 0 Å². The van der Waals surface area contributed by atoms with Crippen LogP contribution in [0.5, 0.6) is 0 Å². The van der Waals surface area contributed by atoms with Crippen LogP contribution in [0.4, 0.5) is 5.69 Å². The molecule has 0 aliphatic carbocycles. The largest absolute Gasteiger partial charge is 0.368 e. The number of anilines is 1. The average Bonchev–Trinajstić information content (AvgIpc) is 2.47. The van der Waals surface area contributed by atoms with Crippen molar-refractivity contribution in [2.45, 2.75) is 20.3 Å². The number of rotatable bonds is 4. The number of amides is 2. The van der Waals surface area contributed by atoms with Crippen LogP contribution in [0.15, 0.2) is 24.3 Å². The molecular weight excluding hydrogens is 266 g/mol. The number of hydrogen-bond donors (Lipinski definition) is 1. The third-order valence-electron chi connectivity index (χ3n) is 3.73. The lowest BCUT2D eigenvalue weighted by atomic mass is 10.1. The van der Waals surface area contributed by atoms with Crippen LogP contribution in [-0.2, 0) is 4.79 Å². The van der Waals surface area contributed by atoms with Crippen molar-refractivity contribution in [3.05, 3.63) is 29.8 Å². The van der Waals surface area contributed by atoms with Gasteiger partial charge in [-0.05, 0) is 30.2 Å². The number of nitrogens with two attached hydrogens (primary N) is 1. The first-order valence-electron chi connectivity index (χ1n) is 7.40. The van der Waals surface area contributed by atoms with Crippen molar-refractivity contribution in [2.75, 3.05) is 31.1 Å². The number of nitrogens with zero attached hydrogens (tertiary/aromatic N) is 2. The minimum Gasteiger partial charge on any atom is -0.368 e. The lowest BCUT2D eigenvalue weighted by Gasteiger charge is -2.36. The molecule has 5 nitrogen and oxygen atoms in total. The van der Waals surface area contributed by atoms with Crippen LogP contribution in [-0.4, -0.2) is 42.9 Å². The van der Waals surface area contributed by atoms with Crippen molar-refractivity contribution < 1.29 is 9.59 Å². The Kier molecular flexibility index (Phi) is 4.83. The Morgan fingerprint density at radius 3 is 2.14 bits per heavy atom. The Labute approximate surface area is 125 Å². The lowest BCUT2D eigenvalue weighted by Crippen LogP contribution is -2.49. The molecule has 2 rings (SSSR count). The second-order valence-corrected chi connectivity index (χ2v) is 5.88. The van der Waals surface area contributed by atoms with E-state index < -0.39 is 5.91 Å². The van der Waals surface area contributed by atoms with Crippen molar-refractivity contribution in [2.24, 2.45) is 11.7 Å². The molecule has 114 valence electrons. The molecule has 2 amide bonds. The summed E-state index contributed by atoms with van der Waals surface area (Å²) < 4.78 is 0. The number of benzene rings is 1. The molecule has 2 N–H and O–H groups in total. The van der Waals surface area contributed by atoms with Crippen LogP contribution >= 0.6 is 0 Å². The Hall–Kier alpha value is -2.04. The molecule has 0 unspecified atom stereocenters. The Morgan fingerprint density at radius 2 is 1.67 bits per heavy atom. The van der Waals surface area contributed by atoms with Crippen molar-refractivity contribution in [3.63, 3.8) is 0 Å². The van der Waals surface area contributed by atoms with E-state index in [-0.39, 0.29) is 5.91 Å². The molecule has 1 aromatic carbocycles.